The highest BCUT2D eigenvalue weighted by molar-refractivity contribution is 6.31. The molecule has 1 atom stereocenters. The molecule has 2 nitrogen and oxygen atoms in total. The van der Waals surface area contributed by atoms with Crippen LogP contribution < -0.4 is 10.5 Å². The van der Waals surface area contributed by atoms with E-state index in [9.17, 15) is 0 Å². The Bertz CT molecular complexity index is 581. The summed E-state index contributed by atoms with van der Waals surface area (Å²) in [6.07, 6.45) is 0.850. The van der Waals surface area contributed by atoms with Crippen LogP contribution >= 0.6 is 11.6 Å². The van der Waals surface area contributed by atoms with Crippen molar-refractivity contribution in [1.29, 1.82) is 0 Å². The summed E-state index contributed by atoms with van der Waals surface area (Å²) in [5.41, 5.74) is 9.15. The molecular formula is C17H20ClNO. The van der Waals surface area contributed by atoms with Crippen molar-refractivity contribution in [2.24, 2.45) is 5.73 Å². The third-order valence-electron chi connectivity index (χ3n) is 3.06. The fourth-order valence-electron chi connectivity index (χ4n) is 2.06. The van der Waals surface area contributed by atoms with Gasteiger partial charge in [0.15, 0.2) is 0 Å². The molecule has 0 radical (unpaired) electrons. The van der Waals surface area contributed by atoms with Crippen molar-refractivity contribution >= 4 is 11.6 Å². The van der Waals surface area contributed by atoms with E-state index in [0.29, 0.717) is 6.61 Å². The van der Waals surface area contributed by atoms with Gasteiger partial charge in [-0.2, -0.15) is 0 Å². The molecule has 1 unspecified atom stereocenters. The molecule has 0 heterocycles. The number of hydrogen-bond donors (Lipinski definition) is 1. The van der Waals surface area contributed by atoms with Crippen LogP contribution in [0.4, 0.5) is 0 Å². The zero-order valence-corrected chi connectivity index (χ0v) is 12.7. The number of hydrogen-bond acceptors (Lipinski definition) is 2. The van der Waals surface area contributed by atoms with Crippen LogP contribution in [0.25, 0.3) is 0 Å². The van der Waals surface area contributed by atoms with Crippen molar-refractivity contribution in [1.82, 2.24) is 0 Å². The molecule has 3 heteroatoms. The number of nitrogens with two attached hydrogens (primary N) is 1. The fourth-order valence-corrected chi connectivity index (χ4v) is 2.35. The molecular weight excluding hydrogens is 270 g/mol. The standard InChI is InChI=1S/C17H20ClNO/c1-12-6-7-15(17(18)8-12)11-20-16-5-3-4-14(10-16)9-13(2)19/h3-8,10,13H,9,11,19H2,1-2H3. The van der Waals surface area contributed by atoms with E-state index in [-0.39, 0.29) is 6.04 Å². The Hall–Kier alpha value is -1.51. The van der Waals surface area contributed by atoms with E-state index in [2.05, 4.69) is 6.07 Å². The summed E-state index contributed by atoms with van der Waals surface area (Å²) in [5, 5.41) is 0.747. The van der Waals surface area contributed by atoms with Gasteiger partial charge in [-0.3, -0.25) is 0 Å². The van der Waals surface area contributed by atoms with Crippen molar-refractivity contribution in [2.45, 2.75) is 32.9 Å². The lowest BCUT2D eigenvalue weighted by atomic mass is 10.1. The van der Waals surface area contributed by atoms with Crippen molar-refractivity contribution in [3.63, 3.8) is 0 Å². The highest BCUT2D eigenvalue weighted by Gasteiger charge is 2.03. The van der Waals surface area contributed by atoms with E-state index in [1.165, 1.54) is 5.56 Å². The Kier molecular flexibility index (Phi) is 5.05. The minimum Gasteiger partial charge on any atom is -0.489 e. The molecule has 2 aromatic rings. The number of benzene rings is 2. The summed E-state index contributed by atoms with van der Waals surface area (Å²) >= 11 is 6.20. The summed E-state index contributed by atoms with van der Waals surface area (Å²) in [5.74, 6) is 0.847. The van der Waals surface area contributed by atoms with Crippen LogP contribution in [0, 0.1) is 6.92 Å². The van der Waals surface area contributed by atoms with Gasteiger partial charge in [0.2, 0.25) is 0 Å². The van der Waals surface area contributed by atoms with Gasteiger partial charge in [-0.05, 0) is 49.6 Å². The van der Waals surface area contributed by atoms with Gasteiger partial charge in [0, 0.05) is 16.6 Å². The molecule has 0 aliphatic heterocycles. The van der Waals surface area contributed by atoms with E-state index >= 15 is 0 Å². The van der Waals surface area contributed by atoms with Crippen LogP contribution in [0.5, 0.6) is 5.75 Å². The molecule has 20 heavy (non-hydrogen) atoms. The molecule has 0 saturated carbocycles. The number of halogens is 1. The first-order chi connectivity index (χ1) is 9.54. The summed E-state index contributed by atoms with van der Waals surface area (Å²) in [6.45, 7) is 4.49. The number of rotatable bonds is 5. The average molecular weight is 290 g/mol. The third kappa shape index (κ3) is 4.26. The second-order valence-corrected chi connectivity index (χ2v) is 5.62. The van der Waals surface area contributed by atoms with Crippen LogP contribution in [0.2, 0.25) is 5.02 Å². The lowest BCUT2D eigenvalue weighted by Gasteiger charge is -2.10. The molecule has 0 aliphatic carbocycles. The van der Waals surface area contributed by atoms with Gasteiger partial charge in [0.25, 0.3) is 0 Å². The largest absolute Gasteiger partial charge is 0.489 e. The molecule has 0 spiro atoms. The first-order valence-electron chi connectivity index (χ1n) is 6.77. The lowest BCUT2D eigenvalue weighted by molar-refractivity contribution is 0.306. The normalized spacial score (nSPS) is 12.2. The van der Waals surface area contributed by atoms with Crippen molar-refractivity contribution in [3.05, 3.63) is 64.2 Å². The van der Waals surface area contributed by atoms with E-state index in [0.717, 1.165) is 28.3 Å². The summed E-state index contributed by atoms with van der Waals surface area (Å²) in [6, 6.07) is 14.2. The molecule has 0 amide bonds. The highest BCUT2D eigenvalue weighted by Crippen LogP contribution is 2.21. The summed E-state index contributed by atoms with van der Waals surface area (Å²) in [4.78, 5) is 0. The minimum atomic E-state index is 0.150. The SMILES string of the molecule is Cc1ccc(COc2cccc(CC(C)N)c2)c(Cl)c1. The third-order valence-corrected chi connectivity index (χ3v) is 3.41. The van der Waals surface area contributed by atoms with Crippen LogP contribution in [-0.2, 0) is 13.0 Å². The van der Waals surface area contributed by atoms with Gasteiger partial charge in [-0.1, -0.05) is 35.9 Å². The second kappa shape index (κ2) is 6.78. The zero-order chi connectivity index (χ0) is 14.5. The van der Waals surface area contributed by atoms with Gasteiger partial charge < -0.3 is 10.5 Å². The molecule has 2 rings (SSSR count). The molecule has 2 N–H and O–H groups in total. The van der Waals surface area contributed by atoms with Crippen LogP contribution in [0.1, 0.15) is 23.6 Å². The smallest absolute Gasteiger partial charge is 0.120 e. The molecule has 2 aromatic carbocycles. The number of ether oxygens (including phenoxy) is 1. The van der Waals surface area contributed by atoms with Gasteiger partial charge >= 0.3 is 0 Å². The molecule has 0 aromatic heterocycles. The van der Waals surface area contributed by atoms with E-state index in [1.807, 2.05) is 50.2 Å². The first kappa shape index (κ1) is 14.9. The molecule has 0 bridgehead atoms. The van der Waals surface area contributed by atoms with Crippen molar-refractivity contribution in [3.8, 4) is 5.75 Å². The van der Waals surface area contributed by atoms with Gasteiger partial charge in [-0.15, -0.1) is 0 Å². The maximum absolute atomic E-state index is 6.20. The second-order valence-electron chi connectivity index (χ2n) is 5.21. The Morgan fingerprint density at radius 1 is 1.20 bits per heavy atom. The average Bonchev–Trinajstić information content (AvgIpc) is 2.37. The Labute approximate surface area is 125 Å². The fraction of sp³-hybridized carbons (Fsp3) is 0.294. The molecule has 0 aliphatic rings. The van der Waals surface area contributed by atoms with Crippen LogP contribution in [-0.4, -0.2) is 6.04 Å². The monoisotopic (exact) mass is 289 g/mol. The quantitative estimate of drug-likeness (QED) is 0.899. The predicted octanol–water partition coefficient (Wildman–Crippen LogP) is 4.12. The van der Waals surface area contributed by atoms with Gasteiger partial charge in [-0.25, -0.2) is 0 Å². The summed E-state index contributed by atoms with van der Waals surface area (Å²) < 4.78 is 5.81. The predicted molar refractivity (Wildman–Crippen MR) is 84.3 cm³/mol. The van der Waals surface area contributed by atoms with Crippen molar-refractivity contribution in [2.75, 3.05) is 0 Å². The molecule has 106 valence electrons. The Morgan fingerprint density at radius 3 is 2.70 bits per heavy atom. The topological polar surface area (TPSA) is 35.2 Å². The molecule has 0 saturated heterocycles. The summed E-state index contributed by atoms with van der Waals surface area (Å²) in [7, 11) is 0. The lowest BCUT2D eigenvalue weighted by Crippen LogP contribution is -2.17. The highest BCUT2D eigenvalue weighted by atomic mass is 35.5. The molecule has 0 fully saturated rings. The maximum Gasteiger partial charge on any atom is 0.120 e. The Morgan fingerprint density at radius 2 is 2.00 bits per heavy atom. The van der Waals surface area contributed by atoms with Crippen molar-refractivity contribution < 1.29 is 4.74 Å². The minimum absolute atomic E-state index is 0.150. The Balaban J connectivity index is 2.03. The van der Waals surface area contributed by atoms with Crippen LogP contribution in [0.3, 0.4) is 0 Å². The van der Waals surface area contributed by atoms with Crippen LogP contribution in [0.15, 0.2) is 42.5 Å². The van der Waals surface area contributed by atoms with Gasteiger partial charge in [0.1, 0.15) is 12.4 Å². The van der Waals surface area contributed by atoms with E-state index in [1.54, 1.807) is 0 Å². The van der Waals surface area contributed by atoms with E-state index < -0.39 is 0 Å². The first-order valence-corrected chi connectivity index (χ1v) is 7.15. The number of aryl methyl sites for hydroxylation is 1. The van der Waals surface area contributed by atoms with E-state index in [4.69, 9.17) is 22.1 Å². The maximum atomic E-state index is 6.20. The zero-order valence-electron chi connectivity index (χ0n) is 11.9. The van der Waals surface area contributed by atoms with Gasteiger partial charge in [0.05, 0.1) is 0 Å².